The van der Waals surface area contributed by atoms with E-state index in [0.29, 0.717) is 0 Å². The van der Waals surface area contributed by atoms with E-state index in [4.69, 9.17) is 5.73 Å². The average Bonchev–Trinajstić information content (AvgIpc) is 2.44. The van der Waals surface area contributed by atoms with Crippen molar-refractivity contribution in [3.8, 4) is 0 Å². The molecule has 1 aromatic carbocycles. The molecule has 2 N–H and O–H groups in total. The SMILES string of the molecule is NC1=C(c2ccccc2F)C=CS1(=O)=O. The third kappa shape index (κ3) is 1.55. The number of benzene rings is 1. The fourth-order valence-corrected chi connectivity index (χ4v) is 2.31. The number of rotatable bonds is 1. The van der Waals surface area contributed by atoms with E-state index >= 15 is 0 Å². The quantitative estimate of drug-likeness (QED) is 0.785. The Morgan fingerprint density at radius 3 is 2.40 bits per heavy atom. The summed E-state index contributed by atoms with van der Waals surface area (Å²) in [5.41, 5.74) is 5.84. The van der Waals surface area contributed by atoms with Crippen LogP contribution in [0.15, 0.2) is 40.8 Å². The summed E-state index contributed by atoms with van der Waals surface area (Å²) in [6.45, 7) is 0. The van der Waals surface area contributed by atoms with Crippen LogP contribution >= 0.6 is 0 Å². The van der Waals surface area contributed by atoms with E-state index in [-0.39, 0.29) is 16.2 Å². The zero-order chi connectivity index (χ0) is 11.1. The van der Waals surface area contributed by atoms with E-state index in [1.807, 2.05) is 0 Å². The Labute approximate surface area is 86.6 Å². The van der Waals surface area contributed by atoms with Crippen molar-refractivity contribution < 1.29 is 12.8 Å². The highest BCUT2D eigenvalue weighted by Gasteiger charge is 2.23. The first-order valence-electron chi connectivity index (χ1n) is 4.20. The van der Waals surface area contributed by atoms with Crippen molar-refractivity contribution in [2.75, 3.05) is 0 Å². The predicted molar refractivity (Wildman–Crippen MR) is 55.6 cm³/mol. The van der Waals surface area contributed by atoms with Crippen molar-refractivity contribution in [2.45, 2.75) is 0 Å². The Bertz CT molecular complexity index is 573. The average molecular weight is 225 g/mol. The summed E-state index contributed by atoms with van der Waals surface area (Å²) in [4.78, 5) is 0. The fourth-order valence-electron chi connectivity index (χ4n) is 1.37. The molecule has 0 spiro atoms. The van der Waals surface area contributed by atoms with Gasteiger partial charge < -0.3 is 5.73 Å². The van der Waals surface area contributed by atoms with Crippen LogP contribution in [0, 0.1) is 5.82 Å². The van der Waals surface area contributed by atoms with Crippen LogP contribution in [0.25, 0.3) is 5.57 Å². The van der Waals surface area contributed by atoms with Gasteiger partial charge in [0.25, 0.3) is 0 Å². The van der Waals surface area contributed by atoms with Gasteiger partial charge >= 0.3 is 0 Å². The monoisotopic (exact) mass is 225 g/mol. The molecule has 3 nitrogen and oxygen atoms in total. The van der Waals surface area contributed by atoms with Gasteiger partial charge in [-0.3, -0.25) is 0 Å². The van der Waals surface area contributed by atoms with Crippen LogP contribution in [0.5, 0.6) is 0 Å². The maximum Gasteiger partial charge on any atom is 0.215 e. The molecule has 0 bridgehead atoms. The highest BCUT2D eigenvalue weighted by molar-refractivity contribution is 7.98. The molecular weight excluding hydrogens is 217 g/mol. The maximum atomic E-state index is 13.3. The van der Waals surface area contributed by atoms with Gasteiger partial charge in [-0.1, -0.05) is 18.2 Å². The Kier molecular flexibility index (Phi) is 2.12. The summed E-state index contributed by atoms with van der Waals surface area (Å²) in [5.74, 6) is -0.489. The highest BCUT2D eigenvalue weighted by atomic mass is 32.2. The first-order valence-corrected chi connectivity index (χ1v) is 5.75. The van der Waals surface area contributed by atoms with E-state index < -0.39 is 15.7 Å². The molecule has 78 valence electrons. The molecule has 0 saturated carbocycles. The van der Waals surface area contributed by atoms with Gasteiger partial charge in [0.15, 0.2) is 0 Å². The van der Waals surface area contributed by atoms with Gasteiger partial charge in [-0.05, 0) is 12.1 Å². The minimum atomic E-state index is -3.53. The van der Waals surface area contributed by atoms with Gasteiger partial charge in [0.05, 0.1) is 0 Å². The summed E-state index contributed by atoms with van der Waals surface area (Å²) in [6.07, 6.45) is 1.31. The highest BCUT2D eigenvalue weighted by Crippen LogP contribution is 2.28. The lowest BCUT2D eigenvalue weighted by atomic mass is 10.1. The molecule has 0 saturated heterocycles. The Balaban J connectivity index is 2.66. The molecule has 0 atom stereocenters. The number of hydrogen-bond acceptors (Lipinski definition) is 3. The molecule has 5 heteroatoms. The van der Waals surface area contributed by atoms with Crippen molar-refractivity contribution in [2.24, 2.45) is 5.73 Å². The summed E-state index contributed by atoms with van der Waals surface area (Å²) in [5, 5.41) is 0.678. The lowest BCUT2D eigenvalue weighted by Gasteiger charge is -2.02. The van der Waals surface area contributed by atoms with E-state index in [1.54, 1.807) is 6.07 Å². The standard InChI is InChI=1S/C10H8FNO2S/c11-9-4-2-1-3-7(9)8-5-6-15(13,14)10(8)12/h1-6H,12H2. The zero-order valence-corrected chi connectivity index (χ0v) is 8.46. The van der Waals surface area contributed by atoms with Crippen molar-refractivity contribution >= 4 is 15.4 Å². The zero-order valence-electron chi connectivity index (χ0n) is 7.64. The predicted octanol–water partition coefficient (Wildman–Crippen LogP) is 1.40. The van der Waals surface area contributed by atoms with E-state index in [2.05, 4.69) is 0 Å². The second kappa shape index (κ2) is 3.20. The van der Waals surface area contributed by atoms with Gasteiger partial charge in [-0.15, -0.1) is 0 Å². The van der Waals surface area contributed by atoms with Crippen molar-refractivity contribution in [3.05, 3.63) is 52.2 Å². The molecule has 15 heavy (non-hydrogen) atoms. The molecule has 0 amide bonds. The molecule has 0 aromatic heterocycles. The molecule has 0 aliphatic carbocycles. The van der Waals surface area contributed by atoms with Crippen LogP contribution in [0.4, 0.5) is 4.39 Å². The van der Waals surface area contributed by atoms with Gasteiger partial charge in [0.1, 0.15) is 10.8 Å². The molecule has 1 aromatic rings. The Morgan fingerprint density at radius 1 is 1.20 bits per heavy atom. The summed E-state index contributed by atoms with van der Waals surface area (Å²) in [7, 11) is -3.53. The van der Waals surface area contributed by atoms with E-state index in [0.717, 1.165) is 5.41 Å². The van der Waals surface area contributed by atoms with Gasteiger partial charge in [0, 0.05) is 16.5 Å². The molecule has 1 aliphatic heterocycles. The van der Waals surface area contributed by atoms with Crippen LogP contribution < -0.4 is 5.73 Å². The maximum absolute atomic E-state index is 13.3. The molecule has 2 rings (SSSR count). The molecule has 1 heterocycles. The van der Waals surface area contributed by atoms with E-state index in [9.17, 15) is 12.8 Å². The number of nitrogens with two attached hydrogens (primary N) is 1. The summed E-state index contributed by atoms with van der Waals surface area (Å²) < 4.78 is 35.9. The number of allylic oxidation sites excluding steroid dienone is 2. The minimum Gasteiger partial charge on any atom is -0.389 e. The van der Waals surface area contributed by atoms with Crippen LogP contribution in [-0.2, 0) is 9.84 Å². The van der Waals surface area contributed by atoms with Gasteiger partial charge in [-0.25, -0.2) is 12.8 Å². The largest absolute Gasteiger partial charge is 0.389 e. The van der Waals surface area contributed by atoms with Crippen LogP contribution in [0.2, 0.25) is 0 Å². The fraction of sp³-hybridized carbons (Fsp3) is 0. The third-order valence-electron chi connectivity index (χ3n) is 2.15. The molecule has 0 radical (unpaired) electrons. The molecule has 1 aliphatic rings. The lowest BCUT2D eigenvalue weighted by molar-refractivity contribution is 0.610. The van der Waals surface area contributed by atoms with Gasteiger partial charge in [-0.2, -0.15) is 0 Å². The van der Waals surface area contributed by atoms with Crippen molar-refractivity contribution in [3.63, 3.8) is 0 Å². The van der Waals surface area contributed by atoms with Crippen LogP contribution in [-0.4, -0.2) is 8.42 Å². The molecule has 0 fully saturated rings. The topological polar surface area (TPSA) is 60.2 Å². The van der Waals surface area contributed by atoms with Crippen LogP contribution in [0.1, 0.15) is 5.56 Å². The summed E-state index contributed by atoms with van der Waals surface area (Å²) in [6, 6.07) is 5.90. The second-order valence-corrected chi connectivity index (χ2v) is 4.91. The second-order valence-electron chi connectivity index (χ2n) is 3.11. The number of halogens is 1. The first-order chi connectivity index (χ1) is 7.02. The van der Waals surface area contributed by atoms with Crippen molar-refractivity contribution in [1.82, 2.24) is 0 Å². The smallest absolute Gasteiger partial charge is 0.215 e. The number of hydrogen-bond donors (Lipinski definition) is 1. The minimum absolute atomic E-state index is 0.201. The summed E-state index contributed by atoms with van der Waals surface area (Å²) >= 11 is 0. The molecule has 0 unspecified atom stereocenters. The van der Waals surface area contributed by atoms with E-state index in [1.165, 1.54) is 24.3 Å². The Hall–Kier alpha value is -1.62. The van der Waals surface area contributed by atoms with Crippen molar-refractivity contribution in [1.29, 1.82) is 0 Å². The first kappa shape index (κ1) is 9.92. The van der Waals surface area contributed by atoms with Crippen LogP contribution in [0.3, 0.4) is 0 Å². The lowest BCUT2D eigenvalue weighted by Crippen LogP contribution is -2.07. The normalized spacial score (nSPS) is 18.5. The third-order valence-corrected chi connectivity index (χ3v) is 3.48. The van der Waals surface area contributed by atoms with Gasteiger partial charge in [0.2, 0.25) is 9.84 Å². The number of sulfone groups is 1. The Morgan fingerprint density at radius 2 is 1.87 bits per heavy atom. The molecular formula is C10H8FNO2S.